The highest BCUT2D eigenvalue weighted by atomic mass is 35.5. The van der Waals surface area contributed by atoms with Gasteiger partial charge < -0.3 is 10.3 Å². The van der Waals surface area contributed by atoms with Gasteiger partial charge in [0.1, 0.15) is 5.82 Å². The van der Waals surface area contributed by atoms with Gasteiger partial charge in [-0.1, -0.05) is 37.0 Å². The second-order valence-electron chi connectivity index (χ2n) is 6.66. The lowest BCUT2D eigenvalue weighted by Crippen LogP contribution is -2.37. The van der Waals surface area contributed by atoms with Gasteiger partial charge in [-0.05, 0) is 39.1 Å². The molecule has 1 atom stereocenters. The summed E-state index contributed by atoms with van der Waals surface area (Å²) in [6.45, 7) is 11.3. The molecule has 0 radical (unpaired) electrons. The average molecular weight is 422 g/mol. The van der Waals surface area contributed by atoms with Crippen molar-refractivity contribution in [2.45, 2.75) is 33.7 Å². The number of fused-ring (bicyclic) bond motifs is 1. The zero-order valence-electron chi connectivity index (χ0n) is 16.5. The van der Waals surface area contributed by atoms with E-state index in [0.29, 0.717) is 28.0 Å². The third-order valence-corrected chi connectivity index (χ3v) is 5.34. The van der Waals surface area contributed by atoms with Crippen molar-refractivity contribution in [2.24, 2.45) is 0 Å². The Bertz CT molecular complexity index is 914. The molecular formula is C19H25Cl2N7. The molecule has 0 saturated heterocycles. The second kappa shape index (κ2) is 8.94. The summed E-state index contributed by atoms with van der Waals surface area (Å²) in [5.41, 5.74) is 2.37. The topological polar surface area (TPSA) is 81.8 Å². The fourth-order valence-corrected chi connectivity index (χ4v) is 3.43. The Hall–Kier alpha value is -2.09. The summed E-state index contributed by atoms with van der Waals surface area (Å²) in [5.74, 6) is 1.77. The highest BCUT2D eigenvalue weighted by Gasteiger charge is 2.12. The van der Waals surface area contributed by atoms with Crippen LogP contribution < -0.4 is 10.6 Å². The van der Waals surface area contributed by atoms with Gasteiger partial charge in [0.15, 0.2) is 0 Å². The van der Waals surface area contributed by atoms with Crippen molar-refractivity contribution in [1.29, 1.82) is 0 Å². The maximum Gasteiger partial charge on any atom is 0.231 e. The number of anilines is 3. The Morgan fingerprint density at radius 1 is 1.07 bits per heavy atom. The maximum absolute atomic E-state index is 6.07. The molecule has 3 N–H and O–H groups in total. The Morgan fingerprint density at radius 3 is 2.50 bits per heavy atom. The van der Waals surface area contributed by atoms with Crippen molar-refractivity contribution in [1.82, 2.24) is 24.8 Å². The number of aryl methyl sites for hydroxylation is 1. The Labute approximate surface area is 174 Å². The molecule has 0 spiro atoms. The van der Waals surface area contributed by atoms with E-state index >= 15 is 0 Å². The van der Waals surface area contributed by atoms with Crippen LogP contribution >= 0.6 is 23.2 Å². The van der Waals surface area contributed by atoms with Crippen molar-refractivity contribution in [2.75, 3.05) is 30.3 Å². The van der Waals surface area contributed by atoms with E-state index in [1.807, 2.05) is 13.0 Å². The van der Waals surface area contributed by atoms with E-state index in [-0.39, 0.29) is 0 Å². The third kappa shape index (κ3) is 4.84. The van der Waals surface area contributed by atoms with Crippen molar-refractivity contribution < 1.29 is 0 Å². The Balaban J connectivity index is 1.74. The molecule has 2 aromatic heterocycles. The molecule has 0 aliphatic heterocycles. The van der Waals surface area contributed by atoms with Crippen LogP contribution in [0.5, 0.6) is 0 Å². The molecule has 0 aliphatic carbocycles. The van der Waals surface area contributed by atoms with Gasteiger partial charge in [0.05, 0.1) is 21.1 Å². The molecule has 7 nitrogen and oxygen atoms in total. The summed E-state index contributed by atoms with van der Waals surface area (Å²) in [6, 6.07) is 5.81. The van der Waals surface area contributed by atoms with E-state index in [1.165, 1.54) is 0 Å². The highest BCUT2D eigenvalue weighted by molar-refractivity contribution is 6.42. The van der Waals surface area contributed by atoms with Gasteiger partial charge in [-0.15, -0.1) is 0 Å². The molecule has 1 aromatic carbocycles. The van der Waals surface area contributed by atoms with Crippen LogP contribution in [-0.4, -0.2) is 50.5 Å². The van der Waals surface area contributed by atoms with Gasteiger partial charge in [-0.25, -0.2) is 9.97 Å². The monoisotopic (exact) mass is 421 g/mol. The molecule has 2 heterocycles. The molecule has 9 heteroatoms. The molecule has 0 aliphatic rings. The fraction of sp³-hybridized carbons (Fsp3) is 0.421. The standard InChI is InChI=1S/C19H25Cl2N7/c1-5-28(6-2)12(4)10-22-17-7-11(3)23-18(26-17)27-19-24-15-8-13(20)14(21)9-16(15)25-19/h7-9,12H,5-6,10H2,1-4H3,(H3,22,23,24,25,26,27). The van der Waals surface area contributed by atoms with Crippen LogP contribution in [0.25, 0.3) is 11.0 Å². The summed E-state index contributed by atoms with van der Waals surface area (Å²) in [6.07, 6.45) is 0. The number of halogens is 2. The predicted octanol–water partition coefficient (Wildman–Crippen LogP) is 4.85. The molecular weight excluding hydrogens is 397 g/mol. The molecule has 0 bridgehead atoms. The van der Waals surface area contributed by atoms with E-state index in [0.717, 1.165) is 42.2 Å². The first kappa shape index (κ1) is 20.6. The Morgan fingerprint density at radius 2 is 1.79 bits per heavy atom. The van der Waals surface area contributed by atoms with Gasteiger partial charge in [-0.2, -0.15) is 4.98 Å². The Kier molecular flexibility index (Phi) is 6.59. The van der Waals surface area contributed by atoms with Gasteiger partial charge in [0.2, 0.25) is 11.9 Å². The lowest BCUT2D eigenvalue weighted by atomic mass is 10.2. The minimum atomic E-state index is 0.409. The fourth-order valence-electron chi connectivity index (χ4n) is 3.11. The van der Waals surface area contributed by atoms with Crippen molar-refractivity contribution in [3.8, 4) is 0 Å². The van der Waals surface area contributed by atoms with Crippen LogP contribution in [0.3, 0.4) is 0 Å². The third-order valence-electron chi connectivity index (χ3n) is 4.62. The predicted molar refractivity (Wildman–Crippen MR) is 117 cm³/mol. The molecule has 3 rings (SSSR count). The van der Waals surface area contributed by atoms with Gasteiger partial charge >= 0.3 is 0 Å². The molecule has 0 saturated carbocycles. The van der Waals surface area contributed by atoms with Crippen molar-refractivity contribution in [3.63, 3.8) is 0 Å². The normalized spacial score (nSPS) is 12.5. The SMILES string of the molecule is CCN(CC)C(C)CNc1cc(C)nc(Nc2nc3cc(Cl)c(Cl)cc3[nH]2)n1. The van der Waals surface area contributed by atoms with Crippen LogP contribution in [0.15, 0.2) is 18.2 Å². The minimum Gasteiger partial charge on any atom is -0.368 e. The van der Waals surface area contributed by atoms with Gasteiger partial charge in [-0.3, -0.25) is 10.2 Å². The smallest absolute Gasteiger partial charge is 0.231 e. The maximum atomic E-state index is 6.07. The number of aromatic amines is 1. The average Bonchev–Trinajstić information content (AvgIpc) is 3.01. The molecule has 150 valence electrons. The number of hydrogen-bond donors (Lipinski definition) is 3. The summed E-state index contributed by atoms with van der Waals surface area (Å²) in [7, 11) is 0. The van der Waals surface area contributed by atoms with E-state index < -0.39 is 0 Å². The van der Waals surface area contributed by atoms with Crippen LogP contribution in [-0.2, 0) is 0 Å². The van der Waals surface area contributed by atoms with Crippen LogP contribution in [0.1, 0.15) is 26.5 Å². The number of likely N-dealkylation sites (N-methyl/N-ethyl adjacent to an activating group) is 1. The van der Waals surface area contributed by atoms with E-state index in [2.05, 4.69) is 56.2 Å². The first-order valence-corrected chi connectivity index (χ1v) is 10.1. The summed E-state index contributed by atoms with van der Waals surface area (Å²) in [5, 5.41) is 7.47. The first-order valence-electron chi connectivity index (χ1n) is 9.35. The van der Waals surface area contributed by atoms with Crippen LogP contribution in [0, 0.1) is 6.92 Å². The zero-order valence-corrected chi connectivity index (χ0v) is 18.0. The molecule has 1 unspecified atom stereocenters. The number of benzene rings is 1. The van der Waals surface area contributed by atoms with E-state index in [9.17, 15) is 0 Å². The number of aromatic nitrogens is 4. The largest absolute Gasteiger partial charge is 0.368 e. The van der Waals surface area contributed by atoms with Crippen molar-refractivity contribution in [3.05, 3.63) is 33.9 Å². The van der Waals surface area contributed by atoms with Crippen LogP contribution in [0.4, 0.5) is 17.7 Å². The van der Waals surface area contributed by atoms with Gasteiger partial charge in [0, 0.05) is 24.3 Å². The number of nitrogens with zero attached hydrogens (tertiary/aromatic N) is 4. The molecule has 0 fully saturated rings. The molecule has 0 amide bonds. The highest BCUT2D eigenvalue weighted by Crippen LogP contribution is 2.28. The minimum absolute atomic E-state index is 0.409. The number of rotatable bonds is 8. The second-order valence-corrected chi connectivity index (χ2v) is 7.48. The summed E-state index contributed by atoms with van der Waals surface area (Å²) in [4.78, 5) is 19.0. The lowest BCUT2D eigenvalue weighted by Gasteiger charge is -2.26. The van der Waals surface area contributed by atoms with Crippen molar-refractivity contribution >= 4 is 51.9 Å². The number of hydrogen-bond acceptors (Lipinski definition) is 6. The number of imidazole rings is 1. The quantitative estimate of drug-likeness (QED) is 0.481. The first-order chi connectivity index (χ1) is 13.4. The number of nitrogens with one attached hydrogen (secondary N) is 3. The van der Waals surface area contributed by atoms with E-state index in [4.69, 9.17) is 23.2 Å². The molecule has 3 aromatic rings. The molecule has 28 heavy (non-hydrogen) atoms. The summed E-state index contributed by atoms with van der Waals surface area (Å²) < 4.78 is 0. The van der Waals surface area contributed by atoms with Gasteiger partial charge in [0.25, 0.3) is 0 Å². The number of H-pyrrole nitrogens is 1. The zero-order chi connectivity index (χ0) is 20.3. The van der Waals surface area contributed by atoms with E-state index in [1.54, 1.807) is 12.1 Å². The lowest BCUT2D eigenvalue weighted by molar-refractivity contribution is 0.240. The van der Waals surface area contributed by atoms with Crippen LogP contribution in [0.2, 0.25) is 10.0 Å². The summed E-state index contributed by atoms with van der Waals surface area (Å²) >= 11 is 12.1.